The Balaban J connectivity index is 1.94. The van der Waals surface area contributed by atoms with Gasteiger partial charge in [-0.25, -0.2) is 8.78 Å². The summed E-state index contributed by atoms with van der Waals surface area (Å²) < 4.78 is 32.2. The van der Waals surface area contributed by atoms with E-state index in [9.17, 15) is 18.4 Å². The Morgan fingerprint density at radius 2 is 2.08 bits per heavy atom. The summed E-state index contributed by atoms with van der Waals surface area (Å²) in [6.07, 6.45) is 1.35. The summed E-state index contributed by atoms with van der Waals surface area (Å²) in [6, 6.07) is -2.32. The van der Waals surface area contributed by atoms with Gasteiger partial charge in [0.25, 0.3) is 0 Å². The van der Waals surface area contributed by atoms with Crippen LogP contribution in [-0.2, 0) is 4.79 Å². The maximum atomic E-state index is 13.6. The molecule has 0 radical (unpaired) electrons. The Labute approximate surface area is 144 Å². The van der Waals surface area contributed by atoms with Crippen LogP contribution in [-0.4, -0.2) is 39.8 Å². The minimum absolute atomic E-state index is 0.112. The molecule has 1 heterocycles. The summed E-state index contributed by atoms with van der Waals surface area (Å²) in [6.45, 7) is 3.31. The molecule has 1 saturated carbocycles. The number of nitrogens with one attached hydrogen (secondary N) is 1. The van der Waals surface area contributed by atoms with Gasteiger partial charge in [0.05, 0.1) is 12.1 Å². The third-order valence-electron chi connectivity index (χ3n) is 4.10. The molecule has 1 aliphatic rings. The first kappa shape index (κ1) is 19.4. The van der Waals surface area contributed by atoms with Crippen molar-refractivity contribution in [1.29, 1.82) is 0 Å². The van der Waals surface area contributed by atoms with Gasteiger partial charge in [0.15, 0.2) is 0 Å². The zero-order valence-electron chi connectivity index (χ0n) is 14.4. The molecule has 25 heavy (non-hydrogen) atoms. The van der Waals surface area contributed by atoms with Crippen LogP contribution in [0, 0.1) is 0 Å². The van der Waals surface area contributed by atoms with Crippen LogP contribution < -0.4 is 11.1 Å². The summed E-state index contributed by atoms with van der Waals surface area (Å²) >= 11 is 0. The van der Waals surface area contributed by atoms with Gasteiger partial charge in [-0.1, -0.05) is 25.4 Å². The van der Waals surface area contributed by atoms with Gasteiger partial charge < -0.3 is 15.6 Å². The molecule has 0 bridgehead atoms. The van der Waals surface area contributed by atoms with Gasteiger partial charge in [-0.05, 0) is 19.3 Å². The molecule has 0 aromatic carbocycles. The molecule has 0 saturated heterocycles. The molecule has 1 aromatic rings. The fourth-order valence-corrected chi connectivity index (χ4v) is 2.50. The lowest BCUT2D eigenvalue weighted by Gasteiger charge is -2.21. The highest BCUT2D eigenvalue weighted by Crippen LogP contribution is 2.38. The van der Waals surface area contributed by atoms with E-state index in [4.69, 9.17) is 10.3 Å². The Morgan fingerprint density at radius 1 is 1.40 bits per heavy atom. The predicted octanol–water partition coefficient (Wildman–Crippen LogP) is 2.18. The van der Waals surface area contributed by atoms with Crippen LogP contribution in [0.15, 0.2) is 4.52 Å². The Bertz CT molecular complexity index is 616. The lowest BCUT2D eigenvalue weighted by Crippen LogP contribution is -2.50. The van der Waals surface area contributed by atoms with Crippen molar-refractivity contribution in [1.82, 2.24) is 15.5 Å². The average molecular weight is 358 g/mol. The summed E-state index contributed by atoms with van der Waals surface area (Å²) in [5.41, 5.74) is 5.57. The van der Waals surface area contributed by atoms with E-state index in [0.717, 1.165) is 12.8 Å². The minimum Gasteiger partial charge on any atom is -0.344 e. The number of ketones is 1. The van der Waals surface area contributed by atoms with Crippen molar-refractivity contribution in [3.05, 3.63) is 11.7 Å². The van der Waals surface area contributed by atoms with E-state index >= 15 is 0 Å². The maximum Gasteiger partial charge on any atom is 0.250 e. The molecular weight excluding hydrogens is 334 g/mol. The van der Waals surface area contributed by atoms with Crippen molar-refractivity contribution in [2.45, 2.75) is 76.3 Å². The molecule has 1 aromatic heterocycles. The zero-order valence-corrected chi connectivity index (χ0v) is 14.4. The summed E-state index contributed by atoms with van der Waals surface area (Å²) in [7, 11) is 0. The molecule has 1 unspecified atom stereocenters. The minimum atomic E-state index is -3.01. The molecule has 0 aliphatic heterocycles. The quantitative estimate of drug-likeness (QED) is 0.620. The van der Waals surface area contributed by atoms with Crippen molar-refractivity contribution in [3.63, 3.8) is 0 Å². The van der Waals surface area contributed by atoms with Crippen molar-refractivity contribution in [3.8, 4) is 0 Å². The second-order valence-corrected chi connectivity index (χ2v) is 6.48. The number of aromatic nitrogens is 2. The summed E-state index contributed by atoms with van der Waals surface area (Å²) in [5, 5.41) is 6.06. The van der Waals surface area contributed by atoms with Crippen molar-refractivity contribution >= 4 is 11.7 Å². The molecule has 1 amide bonds. The fraction of sp³-hybridized carbons (Fsp3) is 0.750. The number of rotatable bonds is 10. The Kier molecular flexibility index (Phi) is 6.21. The van der Waals surface area contributed by atoms with Crippen molar-refractivity contribution in [2.75, 3.05) is 0 Å². The summed E-state index contributed by atoms with van der Waals surface area (Å²) in [5.74, 6) is -3.80. The normalized spacial score (nSPS) is 17.2. The van der Waals surface area contributed by atoms with Crippen LogP contribution in [0.3, 0.4) is 0 Å². The molecular formula is C16H24F2N4O3. The fourth-order valence-electron chi connectivity index (χ4n) is 2.50. The molecule has 1 fully saturated rings. The predicted molar refractivity (Wildman–Crippen MR) is 85.3 cm³/mol. The van der Waals surface area contributed by atoms with Gasteiger partial charge in [-0.2, -0.15) is 4.98 Å². The topological polar surface area (TPSA) is 111 Å². The number of carbonyl (C=O) groups excluding carboxylic acids is 2. The number of carbonyl (C=O) groups is 2. The van der Waals surface area contributed by atoms with E-state index in [1.54, 1.807) is 13.8 Å². The number of hydrogen-bond donors (Lipinski definition) is 2. The maximum absolute atomic E-state index is 13.6. The number of alkyl halides is 2. The molecule has 3 N–H and O–H groups in total. The number of nitrogens with zero attached hydrogens (tertiary/aromatic N) is 2. The second-order valence-electron chi connectivity index (χ2n) is 6.48. The molecule has 0 spiro atoms. The van der Waals surface area contributed by atoms with Crippen LogP contribution in [0.4, 0.5) is 8.78 Å². The van der Waals surface area contributed by atoms with E-state index < -0.39 is 36.1 Å². The van der Waals surface area contributed by atoms with Gasteiger partial charge in [0.2, 0.25) is 29.3 Å². The molecule has 7 nitrogen and oxygen atoms in total. The molecule has 9 heteroatoms. The van der Waals surface area contributed by atoms with Crippen LogP contribution in [0.2, 0.25) is 0 Å². The number of nitrogens with two attached hydrogens (primary N) is 1. The number of Topliss-reactive ketones (excluding diaryl/α,β-unsaturated/α-hetero) is 1. The zero-order chi connectivity index (χ0) is 18.6. The first-order chi connectivity index (χ1) is 11.8. The van der Waals surface area contributed by atoms with Crippen LogP contribution in [0.5, 0.6) is 0 Å². The van der Waals surface area contributed by atoms with E-state index in [0.29, 0.717) is 12.3 Å². The Morgan fingerprint density at radius 3 is 2.64 bits per heavy atom. The Hall–Kier alpha value is -1.90. The van der Waals surface area contributed by atoms with Crippen LogP contribution in [0.25, 0.3) is 0 Å². The number of hydrogen-bond acceptors (Lipinski definition) is 6. The third-order valence-corrected chi connectivity index (χ3v) is 4.10. The highest BCUT2D eigenvalue weighted by molar-refractivity contribution is 5.99. The SMILES string of the molecule is CCCC(F)(F)C[C@H](N)C(=O)NC(CC)C(=O)c1noc(C2CC2)n1. The number of amides is 1. The highest BCUT2D eigenvalue weighted by atomic mass is 19.3. The second kappa shape index (κ2) is 7.99. The van der Waals surface area contributed by atoms with E-state index in [1.165, 1.54) is 0 Å². The van der Waals surface area contributed by atoms with Gasteiger partial charge in [-0.15, -0.1) is 0 Å². The highest BCUT2D eigenvalue weighted by Gasteiger charge is 2.35. The molecule has 140 valence electrons. The molecule has 1 aliphatic carbocycles. The smallest absolute Gasteiger partial charge is 0.250 e. The van der Waals surface area contributed by atoms with Crippen LogP contribution in [0.1, 0.15) is 74.8 Å². The van der Waals surface area contributed by atoms with Gasteiger partial charge in [0.1, 0.15) is 0 Å². The average Bonchev–Trinajstić information content (AvgIpc) is 3.28. The first-order valence-electron chi connectivity index (χ1n) is 8.59. The lowest BCUT2D eigenvalue weighted by atomic mass is 10.0. The van der Waals surface area contributed by atoms with E-state index in [2.05, 4.69) is 15.5 Å². The first-order valence-corrected chi connectivity index (χ1v) is 8.59. The largest absolute Gasteiger partial charge is 0.344 e. The van der Waals surface area contributed by atoms with Gasteiger partial charge >= 0.3 is 0 Å². The van der Waals surface area contributed by atoms with Crippen molar-refractivity contribution in [2.24, 2.45) is 5.73 Å². The van der Waals surface area contributed by atoms with Gasteiger partial charge in [0, 0.05) is 18.8 Å². The van der Waals surface area contributed by atoms with Crippen molar-refractivity contribution < 1.29 is 22.9 Å². The van der Waals surface area contributed by atoms with Gasteiger partial charge in [-0.3, -0.25) is 9.59 Å². The molecule has 2 atom stereocenters. The number of halogens is 2. The van der Waals surface area contributed by atoms with E-state index in [1.807, 2.05) is 0 Å². The monoisotopic (exact) mass is 358 g/mol. The lowest BCUT2D eigenvalue weighted by molar-refractivity contribution is -0.125. The standard InChI is InChI=1S/C16H24F2N4O3/c1-3-7-16(17,18)8-10(19)14(24)20-11(4-2)12(23)13-21-15(25-22-13)9-5-6-9/h9-11H,3-8,19H2,1-2H3,(H,20,24)/t10-,11?/m0/s1. The third kappa shape index (κ3) is 5.29. The summed E-state index contributed by atoms with van der Waals surface area (Å²) in [4.78, 5) is 28.5. The van der Waals surface area contributed by atoms with E-state index in [-0.39, 0.29) is 24.6 Å². The van der Waals surface area contributed by atoms with Crippen LogP contribution >= 0.6 is 0 Å². The molecule has 2 rings (SSSR count).